The molecule has 0 spiro atoms. The molecular formula is C13H20Cl3FN2. The van der Waals surface area contributed by atoms with Gasteiger partial charge in [-0.2, -0.15) is 0 Å². The second-order valence-corrected chi connectivity index (χ2v) is 4.75. The number of nitrogens with zero attached hydrogens (tertiary/aromatic N) is 1. The Balaban J connectivity index is 0.00000162. The van der Waals surface area contributed by atoms with Gasteiger partial charge in [-0.1, -0.05) is 24.6 Å². The van der Waals surface area contributed by atoms with E-state index in [0.29, 0.717) is 10.6 Å². The van der Waals surface area contributed by atoms with Crippen LogP contribution in [0.15, 0.2) is 18.2 Å². The van der Waals surface area contributed by atoms with Crippen molar-refractivity contribution < 1.29 is 4.39 Å². The third-order valence-electron chi connectivity index (χ3n) is 3.31. The zero-order valence-electron chi connectivity index (χ0n) is 10.9. The van der Waals surface area contributed by atoms with Crippen molar-refractivity contribution in [1.82, 2.24) is 10.2 Å². The molecule has 6 heteroatoms. The third kappa shape index (κ3) is 4.47. The Kier molecular flexibility index (Phi) is 8.95. The first-order chi connectivity index (χ1) is 8.24. The van der Waals surface area contributed by atoms with Crippen LogP contribution in [-0.4, -0.2) is 31.1 Å². The zero-order chi connectivity index (χ0) is 12.3. The zero-order valence-corrected chi connectivity index (χ0v) is 13.3. The van der Waals surface area contributed by atoms with Crippen LogP contribution < -0.4 is 5.32 Å². The van der Waals surface area contributed by atoms with E-state index in [9.17, 15) is 4.39 Å². The summed E-state index contributed by atoms with van der Waals surface area (Å²) < 4.78 is 13.9. The van der Waals surface area contributed by atoms with Crippen LogP contribution in [0, 0.1) is 5.82 Å². The fourth-order valence-electron chi connectivity index (χ4n) is 2.47. The molecule has 1 heterocycles. The second-order valence-electron chi connectivity index (χ2n) is 4.35. The molecular weight excluding hydrogens is 310 g/mol. The molecule has 1 aromatic rings. The van der Waals surface area contributed by atoms with Gasteiger partial charge in [0.25, 0.3) is 0 Å². The lowest BCUT2D eigenvalue weighted by atomic mass is 10.0. The van der Waals surface area contributed by atoms with Crippen LogP contribution in [0.3, 0.4) is 0 Å². The molecule has 1 aromatic carbocycles. The average molecular weight is 330 g/mol. The molecule has 0 bridgehead atoms. The van der Waals surface area contributed by atoms with Gasteiger partial charge < -0.3 is 5.32 Å². The normalized spacial score (nSPS) is 17.2. The fourth-order valence-corrected chi connectivity index (χ4v) is 2.76. The van der Waals surface area contributed by atoms with Crippen LogP contribution in [0.5, 0.6) is 0 Å². The van der Waals surface area contributed by atoms with Gasteiger partial charge in [-0.05, 0) is 18.6 Å². The number of rotatable bonds is 3. The van der Waals surface area contributed by atoms with Crippen molar-refractivity contribution in [3.63, 3.8) is 0 Å². The Morgan fingerprint density at radius 2 is 1.95 bits per heavy atom. The van der Waals surface area contributed by atoms with E-state index in [-0.39, 0.29) is 36.7 Å². The first-order valence-corrected chi connectivity index (χ1v) is 6.50. The SMILES string of the molecule is CC[C@@H](c1c(F)cccc1Cl)N1CCNCC1.Cl.Cl. The molecule has 0 radical (unpaired) electrons. The maximum Gasteiger partial charge on any atom is 0.129 e. The molecule has 2 nitrogen and oxygen atoms in total. The van der Waals surface area contributed by atoms with Crippen molar-refractivity contribution in [1.29, 1.82) is 0 Å². The van der Waals surface area contributed by atoms with Crippen molar-refractivity contribution in [3.8, 4) is 0 Å². The summed E-state index contributed by atoms with van der Waals surface area (Å²) in [5, 5.41) is 3.84. The summed E-state index contributed by atoms with van der Waals surface area (Å²) in [6, 6.07) is 5.01. The molecule has 0 aromatic heterocycles. The third-order valence-corrected chi connectivity index (χ3v) is 3.64. The monoisotopic (exact) mass is 328 g/mol. The Morgan fingerprint density at radius 1 is 1.32 bits per heavy atom. The predicted octanol–water partition coefficient (Wildman–Crippen LogP) is 3.68. The highest BCUT2D eigenvalue weighted by atomic mass is 35.5. The maximum absolute atomic E-state index is 13.9. The van der Waals surface area contributed by atoms with Gasteiger partial charge in [0.05, 0.1) is 0 Å². The van der Waals surface area contributed by atoms with Gasteiger partial charge >= 0.3 is 0 Å². The van der Waals surface area contributed by atoms with Crippen LogP contribution in [0.1, 0.15) is 24.9 Å². The lowest BCUT2D eigenvalue weighted by Gasteiger charge is -2.35. The summed E-state index contributed by atoms with van der Waals surface area (Å²) in [5.41, 5.74) is 0.651. The first kappa shape index (κ1) is 18.9. The van der Waals surface area contributed by atoms with E-state index < -0.39 is 0 Å². The van der Waals surface area contributed by atoms with E-state index in [1.165, 1.54) is 6.07 Å². The molecule has 1 aliphatic heterocycles. The Hall–Kier alpha value is -0.0600. The van der Waals surface area contributed by atoms with E-state index in [4.69, 9.17) is 11.6 Å². The first-order valence-electron chi connectivity index (χ1n) is 6.12. The summed E-state index contributed by atoms with van der Waals surface area (Å²) in [5.74, 6) is -0.192. The molecule has 2 rings (SSSR count). The van der Waals surface area contributed by atoms with Crippen LogP contribution in [0.2, 0.25) is 5.02 Å². The Labute approximate surface area is 131 Å². The molecule has 1 atom stereocenters. The minimum Gasteiger partial charge on any atom is -0.314 e. The number of piperazine rings is 1. The van der Waals surface area contributed by atoms with Gasteiger partial charge in [-0.15, -0.1) is 24.8 Å². The summed E-state index contributed by atoms with van der Waals surface area (Å²) in [7, 11) is 0. The lowest BCUT2D eigenvalue weighted by molar-refractivity contribution is 0.166. The summed E-state index contributed by atoms with van der Waals surface area (Å²) >= 11 is 6.14. The number of halogens is 4. The molecule has 0 unspecified atom stereocenters. The Morgan fingerprint density at radius 3 is 2.47 bits per heavy atom. The van der Waals surface area contributed by atoms with Crippen molar-refractivity contribution in [2.45, 2.75) is 19.4 Å². The molecule has 1 aliphatic rings. The number of nitrogens with one attached hydrogen (secondary N) is 1. The molecule has 0 amide bonds. The highest BCUT2D eigenvalue weighted by Crippen LogP contribution is 2.32. The summed E-state index contributed by atoms with van der Waals surface area (Å²) in [6.07, 6.45) is 0.876. The lowest BCUT2D eigenvalue weighted by Crippen LogP contribution is -2.45. The van der Waals surface area contributed by atoms with Crippen molar-refractivity contribution in [3.05, 3.63) is 34.6 Å². The quantitative estimate of drug-likeness (QED) is 0.910. The number of hydrogen-bond acceptors (Lipinski definition) is 2. The Bertz CT molecular complexity index is 364. The maximum atomic E-state index is 13.9. The average Bonchev–Trinajstić information content (AvgIpc) is 2.35. The molecule has 19 heavy (non-hydrogen) atoms. The van der Waals surface area contributed by atoms with E-state index in [1.54, 1.807) is 12.1 Å². The fraction of sp³-hybridized carbons (Fsp3) is 0.538. The minimum atomic E-state index is -0.192. The second kappa shape index (κ2) is 8.98. The molecule has 0 saturated carbocycles. The largest absolute Gasteiger partial charge is 0.314 e. The smallest absolute Gasteiger partial charge is 0.129 e. The molecule has 110 valence electrons. The van der Waals surface area contributed by atoms with Crippen molar-refractivity contribution in [2.75, 3.05) is 26.2 Å². The van der Waals surface area contributed by atoms with E-state index in [0.717, 1.165) is 32.6 Å². The van der Waals surface area contributed by atoms with E-state index in [1.807, 2.05) is 0 Å². The van der Waals surface area contributed by atoms with Gasteiger partial charge in [0, 0.05) is 42.8 Å². The molecule has 1 fully saturated rings. The standard InChI is InChI=1S/C13H18ClFN2.2ClH/c1-2-12(17-8-6-16-7-9-17)13-10(14)4-3-5-11(13)15;;/h3-5,12,16H,2,6-9H2,1H3;2*1H/t12-;;/m0../s1. The van der Waals surface area contributed by atoms with Crippen LogP contribution in [0.25, 0.3) is 0 Å². The highest BCUT2D eigenvalue weighted by molar-refractivity contribution is 6.31. The van der Waals surface area contributed by atoms with Gasteiger partial charge in [0.1, 0.15) is 5.82 Å². The summed E-state index contributed by atoms with van der Waals surface area (Å²) in [6.45, 7) is 5.90. The van der Waals surface area contributed by atoms with Gasteiger partial charge in [-0.3, -0.25) is 4.90 Å². The predicted molar refractivity (Wildman–Crippen MR) is 83.4 cm³/mol. The van der Waals surface area contributed by atoms with Crippen molar-refractivity contribution in [2.24, 2.45) is 0 Å². The topological polar surface area (TPSA) is 15.3 Å². The molecule has 1 N–H and O–H groups in total. The molecule has 0 aliphatic carbocycles. The van der Waals surface area contributed by atoms with Gasteiger partial charge in [0.2, 0.25) is 0 Å². The summed E-state index contributed by atoms with van der Waals surface area (Å²) in [4.78, 5) is 2.31. The van der Waals surface area contributed by atoms with Crippen molar-refractivity contribution >= 4 is 36.4 Å². The van der Waals surface area contributed by atoms with Crippen LogP contribution in [-0.2, 0) is 0 Å². The van der Waals surface area contributed by atoms with Crippen LogP contribution >= 0.6 is 36.4 Å². The van der Waals surface area contributed by atoms with Gasteiger partial charge in [-0.25, -0.2) is 4.39 Å². The van der Waals surface area contributed by atoms with Crippen LogP contribution in [0.4, 0.5) is 4.39 Å². The van der Waals surface area contributed by atoms with Gasteiger partial charge in [0.15, 0.2) is 0 Å². The van der Waals surface area contributed by atoms with E-state index >= 15 is 0 Å². The highest BCUT2D eigenvalue weighted by Gasteiger charge is 2.24. The number of benzene rings is 1. The number of hydrogen-bond donors (Lipinski definition) is 1. The minimum absolute atomic E-state index is 0. The van der Waals surface area contributed by atoms with E-state index in [2.05, 4.69) is 17.1 Å². The molecule has 1 saturated heterocycles.